The minimum Gasteiger partial charge on any atom is -0.470 e. The molecule has 2 atom stereocenters. The van der Waals surface area contributed by atoms with Crippen LogP contribution in [0.5, 0.6) is 5.75 Å². The number of nitrogens with one attached hydrogen (secondary N) is 1. The standard InChI is InChI=1S/C24H20N2O3/c1-16-11-13-18(14-12-16)29-24(17-7-3-2-4-8-17)22-19-9-5-6-10-20(19)25-21(27)15-26(22)23(24)28/h2-14,22H,15H2,1H3,(H,25,27). The molecule has 0 radical (unpaired) electrons. The van der Waals surface area contributed by atoms with Crippen LogP contribution in [0.2, 0.25) is 0 Å². The molecule has 0 saturated carbocycles. The molecule has 3 aromatic carbocycles. The van der Waals surface area contributed by atoms with E-state index in [0.717, 1.165) is 16.7 Å². The highest BCUT2D eigenvalue weighted by molar-refractivity contribution is 6.03. The molecule has 29 heavy (non-hydrogen) atoms. The second kappa shape index (κ2) is 6.48. The van der Waals surface area contributed by atoms with E-state index in [4.69, 9.17) is 4.74 Å². The van der Waals surface area contributed by atoms with Gasteiger partial charge >= 0.3 is 0 Å². The minimum atomic E-state index is -1.22. The third-order valence-electron chi connectivity index (χ3n) is 5.62. The second-order valence-electron chi connectivity index (χ2n) is 7.49. The zero-order chi connectivity index (χ0) is 20.0. The molecule has 2 amide bonds. The maximum absolute atomic E-state index is 13.5. The van der Waals surface area contributed by atoms with E-state index in [-0.39, 0.29) is 18.4 Å². The molecule has 0 aromatic heterocycles. The maximum Gasteiger partial charge on any atom is 0.275 e. The van der Waals surface area contributed by atoms with Crippen molar-refractivity contribution in [1.82, 2.24) is 4.90 Å². The lowest BCUT2D eigenvalue weighted by atomic mass is 9.73. The summed E-state index contributed by atoms with van der Waals surface area (Å²) in [5.41, 5.74) is 2.25. The zero-order valence-electron chi connectivity index (χ0n) is 16.0. The smallest absolute Gasteiger partial charge is 0.275 e. The number of anilines is 1. The second-order valence-corrected chi connectivity index (χ2v) is 7.49. The monoisotopic (exact) mass is 384 g/mol. The van der Waals surface area contributed by atoms with Gasteiger partial charge in [-0.05, 0) is 25.1 Å². The van der Waals surface area contributed by atoms with Gasteiger partial charge in [-0.15, -0.1) is 0 Å². The summed E-state index contributed by atoms with van der Waals surface area (Å²) >= 11 is 0. The van der Waals surface area contributed by atoms with Crippen LogP contribution in [-0.2, 0) is 15.2 Å². The SMILES string of the molecule is Cc1ccc(OC2(c3ccccc3)C(=O)N3CC(=O)Nc4ccccc4C32)cc1. The van der Waals surface area contributed by atoms with Crippen LogP contribution < -0.4 is 10.1 Å². The number of ether oxygens (including phenoxy) is 1. The Labute approximate surface area is 168 Å². The van der Waals surface area contributed by atoms with Crippen LogP contribution in [0.15, 0.2) is 78.9 Å². The average Bonchev–Trinajstić information content (AvgIpc) is 2.88. The molecule has 2 aliphatic heterocycles. The Morgan fingerprint density at radius 1 is 0.931 bits per heavy atom. The number of carbonyl (C=O) groups is 2. The normalized spacial score (nSPS) is 22.7. The summed E-state index contributed by atoms with van der Waals surface area (Å²) < 4.78 is 6.48. The number of hydrogen-bond donors (Lipinski definition) is 1. The fraction of sp³-hybridized carbons (Fsp3) is 0.167. The summed E-state index contributed by atoms with van der Waals surface area (Å²) in [4.78, 5) is 27.5. The van der Waals surface area contributed by atoms with Crippen molar-refractivity contribution in [1.29, 1.82) is 0 Å². The molecule has 1 saturated heterocycles. The molecule has 1 N–H and O–H groups in total. The number of nitrogens with zero attached hydrogens (tertiary/aromatic N) is 1. The highest BCUT2D eigenvalue weighted by atomic mass is 16.5. The first-order valence-electron chi connectivity index (χ1n) is 9.60. The minimum absolute atomic E-state index is 0.00399. The molecule has 2 unspecified atom stereocenters. The van der Waals surface area contributed by atoms with E-state index in [9.17, 15) is 9.59 Å². The highest BCUT2D eigenvalue weighted by Crippen LogP contribution is 2.54. The summed E-state index contributed by atoms with van der Waals surface area (Å²) in [6.45, 7) is 2.01. The third kappa shape index (κ3) is 2.62. The van der Waals surface area contributed by atoms with E-state index < -0.39 is 11.6 Å². The van der Waals surface area contributed by atoms with Crippen molar-refractivity contribution >= 4 is 17.5 Å². The first-order chi connectivity index (χ1) is 14.1. The number of hydrogen-bond acceptors (Lipinski definition) is 3. The van der Waals surface area contributed by atoms with Crippen LogP contribution in [-0.4, -0.2) is 23.3 Å². The number of aryl methyl sites for hydroxylation is 1. The van der Waals surface area contributed by atoms with Crippen LogP contribution >= 0.6 is 0 Å². The van der Waals surface area contributed by atoms with Gasteiger partial charge in [0.25, 0.3) is 5.91 Å². The molecule has 3 aromatic rings. The first-order valence-corrected chi connectivity index (χ1v) is 9.60. The van der Waals surface area contributed by atoms with Gasteiger partial charge in [0.05, 0.1) is 0 Å². The van der Waals surface area contributed by atoms with Crippen LogP contribution in [0.4, 0.5) is 5.69 Å². The number of β-lactam (4-membered cyclic amide) rings is 1. The molecule has 1 fully saturated rings. The van der Waals surface area contributed by atoms with Crippen LogP contribution in [0.3, 0.4) is 0 Å². The Hall–Kier alpha value is -3.60. The van der Waals surface area contributed by atoms with Crippen molar-refractivity contribution in [3.05, 3.63) is 95.6 Å². The number of amides is 2. The van der Waals surface area contributed by atoms with E-state index in [1.807, 2.05) is 85.8 Å². The lowest BCUT2D eigenvalue weighted by Gasteiger charge is -2.54. The van der Waals surface area contributed by atoms with Gasteiger partial charge in [0, 0.05) is 16.8 Å². The van der Waals surface area contributed by atoms with E-state index in [1.54, 1.807) is 4.90 Å². The molecule has 0 aliphatic carbocycles. The third-order valence-corrected chi connectivity index (χ3v) is 5.62. The van der Waals surface area contributed by atoms with Crippen molar-refractivity contribution < 1.29 is 14.3 Å². The summed E-state index contributed by atoms with van der Waals surface area (Å²) in [7, 11) is 0. The zero-order valence-corrected chi connectivity index (χ0v) is 16.0. The van der Waals surface area contributed by atoms with Crippen LogP contribution in [0.25, 0.3) is 0 Å². The Kier molecular flexibility index (Phi) is 3.91. The van der Waals surface area contributed by atoms with Gasteiger partial charge in [-0.1, -0.05) is 66.2 Å². The average molecular weight is 384 g/mol. The Morgan fingerprint density at radius 3 is 2.38 bits per heavy atom. The number of rotatable bonds is 3. The van der Waals surface area contributed by atoms with Gasteiger partial charge in [0.2, 0.25) is 11.5 Å². The topological polar surface area (TPSA) is 58.6 Å². The maximum atomic E-state index is 13.5. The molecular weight excluding hydrogens is 364 g/mol. The molecule has 5 heteroatoms. The fourth-order valence-corrected chi connectivity index (χ4v) is 4.26. The number of benzene rings is 3. The van der Waals surface area contributed by atoms with Gasteiger partial charge < -0.3 is 15.0 Å². The van der Waals surface area contributed by atoms with Gasteiger partial charge in [0.1, 0.15) is 18.3 Å². The fourth-order valence-electron chi connectivity index (χ4n) is 4.26. The Bertz CT molecular complexity index is 1090. The van der Waals surface area contributed by atoms with Gasteiger partial charge in [-0.3, -0.25) is 9.59 Å². The van der Waals surface area contributed by atoms with Crippen molar-refractivity contribution in [2.75, 3.05) is 11.9 Å². The quantitative estimate of drug-likeness (QED) is 0.699. The molecule has 144 valence electrons. The molecular formula is C24H20N2O3. The molecule has 5 nitrogen and oxygen atoms in total. The van der Waals surface area contributed by atoms with E-state index >= 15 is 0 Å². The van der Waals surface area contributed by atoms with Gasteiger partial charge in [-0.25, -0.2) is 0 Å². The van der Waals surface area contributed by atoms with Crippen molar-refractivity contribution in [2.45, 2.75) is 18.6 Å². The highest BCUT2D eigenvalue weighted by Gasteiger charge is 2.66. The largest absolute Gasteiger partial charge is 0.470 e. The number of fused-ring (bicyclic) bond motifs is 3. The van der Waals surface area contributed by atoms with Crippen LogP contribution in [0, 0.1) is 6.92 Å². The molecule has 5 rings (SSSR count). The summed E-state index contributed by atoms with van der Waals surface area (Å²) in [5, 5.41) is 2.92. The lowest BCUT2D eigenvalue weighted by Crippen LogP contribution is -2.69. The number of para-hydroxylation sites is 1. The summed E-state index contributed by atoms with van der Waals surface area (Å²) in [5.74, 6) is 0.208. The van der Waals surface area contributed by atoms with Gasteiger partial charge in [0.15, 0.2) is 0 Å². The first kappa shape index (κ1) is 17.5. The molecule has 0 spiro atoms. The van der Waals surface area contributed by atoms with Crippen LogP contribution in [0.1, 0.15) is 22.7 Å². The van der Waals surface area contributed by atoms with E-state index in [2.05, 4.69) is 5.32 Å². The van der Waals surface area contributed by atoms with Crippen molar-refractivity contribution in [2.24, 2.45) is 0 Å². The van der Waals surface area contributed by atoms with E-state index in [1.165, 1.54) is 0 Å². The Balaban J connectivity index is 1.70. The van der Waals surface area contributed by atoms with Crippen molar-refractivity contribution in [3.63, 3.8) is 0 Å². The molecule has 2 heterocycles. The molecule has 0 bridgehead atoms. The van der Waals surface area contributed by atoms with Crippen molar-refractivity contribution in [3.8, 4) is 5.75 Å². The predicted molar refractivity (Wildman–Crippen MR) is 109 cm³/mol. The number of carbonyl (C=O) groups excluding carboxylic acids is 2. The van der Waals surface area contributed by atoms with E-state index in [0.29, 0.717) is 11.4 Å². The lowest BCUT2D eigenvalue weighted by molar-refractivity contribution is -0.189. The Morgan fingerprint density at radius 2 is 1.62 bits per heavy atom. The van der Waals surface area contributed by atoms with Gasteiger partial charge in [-0.2, -0.15) is 0 Å². The summed E-state index contributed by atoms with van der Waals surface area (Å²) in [6, 6.07) is 24.4. The predicted octanol–water partition coefficient (Wildman–Crippen LogP) is 3.80. The summed E-state index contributed by atoms with van der Waals surface area (Å²) in [6.07, 6.45) is 0. The molecule has 2 aliphatic rings.